The SMILES string of the molecule is N[C@H](CC(=O)O)c1c2ccccc2c(Cl)c2ccccc12. The lowest BCUT2D eigenvalue weighted by Gasteiger charge is -2.18. The van der Waals surface area contributed by atoms with E-state index in [1.807, 2.05) is 48.5 Å². The number of fused-ring (bicyclic) bond motifs is 2. The zero-order valence-electron chi connectivity index (χ0n) is 11.2. The van der Waals surface area contributed by atoms with Crippen LogP contribution in [0.25, 0.3) is 21.5 Å². The van der Waals surface area contributed by atoms with Crippen LogP contribution in [0.2, 0.25) is 5.02 Å². The zero-order valence-corrected chi connectivity index (χ0v) is 12.0. The van der Waals surface area contributed by atoms with Gasteiger partial charge in [0.2, 0.25) is 0 Å². The highest BCUT2D eigenvalue weighted by Gasteiger charge is 2.19. The molecule has 0 saturated carbocycles. The van der Waals surface area contributed by atoms with Crippen LogP contribution in [0.4, 0.5) is 0 Å². The molecule has 3 aromatic rings. The van der Waals surface area contributed by atoms with E-state index in [1.54, 1.807) is 0 Å². The highest BCUT2D eigenvalue weighted by molar-refractivity contribution is 6.41. The first-order valence-corrected chi connectivity index (χ1v) is 7.03. The van der Waals surface area contributed by atoms with Crippen LogP contribution >= 0.6 is 11.6 Å². The van der Waals surface area contributed by atoms with Crippen molar-refractivity contribution in [1.82, 2.24) is 0 Å². The van der Waals surface area contributed by atoms with E-state index in [4.69, 9.17) is 22.4 Å². The van der Waals surface area contributed by atoms with Gasteiger partial charge < -0.3 is 10.8 Å². The number of rotatable bonds is 3. The molecule has 0 fully saturated rings. The number of carboxylic acid groups (broad SMARTS) is 1. The van der Waals surface area contributed by atoms with E-state index in [2.05, 4.69) is 0 Å². The van der Waals surface area contributed by atoms with E-state index in [9.17, 15) is 4.79 Å². The smallest absolute Gasteiger partial charge is 0.305 e. The van der Waals surface area contributed by atoms with Crippen molar-refractivity contribution in [3.8, 4) is 0 Å². The van der Waals surface area contributed by atoms with Crippen LogP contribution in [-0.2, 0) is 4.79 Å². The lowest BCUT2D eigenvalue weighted by molar-refractivity contribution is -0.137. The summed E-state index contributed by atoms with van der Waals surface area (Å²) in [5, 5.41) is 13.3. The number of halogens is 1. The monoisotopic (exact) mass is 299 g/mol. The van der Waals surface area contributed by atoms with E-state index in [1.165, 1.54) is 0 Å². The third kappa shape index (κ3) is 2.35. The van der Waals surface area contributed by atoms with Gasteiger partial charge in [-0.05, 0) is 16.3 Å². The molecule has 3 N–H and O–H groups in total. The second kappa shape index (κ2) is 5.35. The molecule has 0 unspecified atom stereocenters. The molecule has 0 amide bonds. The standard InChI is InChI=1S/C17H14ClNO2/c18-17-12-7-3-1-5-10(12)16(14(19)9-15(20)21)11-6-2-4-8-13(11)17/h1-8,14H,9,19H2,(H,20,21)/t14-/m1/s1. The fraction of sp³-hybridized carbons (Fsp3) is 0.118. The molecule has 0 bridgehead atoms. The maximum atomic E-state index is 11.0. The molecule has 0 spiro atoms. The molecule has 0 heterocycles. The second-order valence-electron chi connectivity index (χ2n) is 5.02. The molecule has 1 atom stereocenters. The molecule has 0 aliphatic rings. The van der Waals surface area contributed by atoms with Gasteiger partial charge in [0.25, 0.3) is 0 Å². The molecule has 4 heteroatoms. The molecular formula is C17H14ClNO2. The van der Waals surface area contributed by atoms with Gasteiger partial charge in [-0.15, -0.1) is 0 Å². The Kier molecular flexibility index (Phi) is 3.53. The number of carboxylic acids is 1. The van der Waals surface area contributed by atoms with E-state index >= 15 is 0 Å². The number of benzene rings is 3. The van der Waals surface area contributed by atoms with Gasteiger partial charge in [-0.2, -0.15) is 0 Å². The average Bonchev–Trinajstić information content (AvgIpc) is 2.47. The fourth-order valence-electron chi connectivity index (χ4n) is 2.80. The second-order valence-corrected chi connectivity index (χ2v) is 5.40. The summed E-state index contributed by atoms with van der Waals surface area (Å²) < 4.78 is 0. The predicted molar refractivity (Wildman–Crippen MR) is 85.6 cm³/mol. The summed E-state index contributed by atoms with van der Waals surface area (Å²) in [6.45, 7) is 0. The topological polar surface area (TPSA) is 63.3 Å². The zero-order chi connectivity index (χ0) is 15.0. The van der Waals surface area contributed by atoms with Gasteiger partial charge >= 0.3 is 5.97 Å². The first-order valence-electron chi connectivity index (χ1n) is 6.66. The molecule has 21 heavy (non-hydrogen) atoms. The summed E-state index contributed by atoms with van der Waals surface area (Å²) in [5.41, 5.74) is 7.00. The van der Waals surface area contributed by atoms with Gasteiger partial charge in [-0.1, -0.05) is 60.1 Å². The number of aliphatic carboxylic acids is 1. The summed E-state index contributed by atoms with van der Waals surface area (Å²) in [5.74, 6) is -0.911. The molecule has 0 aromatic heterocycles. The van der Waals surface area contributed by atoms with Crippen LogP contribution in [0.15, 0.2) is 48.5 Å². The number of carbonyl (C=O) groups is 1. The van der Waals surface area contributed by atoms with E-state index in [0.29, 0.717) is 5.02 Å². The molecule has 0 saturated heterocycles. The van der Waals surface area contributed by atoms with Crippen molar-refractivity contribution in [3.63, 3.8) is 0 Å². The van der Waals surface area contributed by atoms with Crippen molar-refractivity contribution in [2.75, 3.05) is 0 Å². The van der Waals surface area contributed by atoms with Crippen molar-refractivity contribution in [1.29, 1.82) is 0 Å². The van der Waals surface area contributed by atoms with Crippen molar-refractivity contribution in [2.24, 2.45) is 5.73 Å². The Morgan fingerprint density at radius 2 is 1.43 bits per heavy atom. The van der Waals surface area contributed by atoms with E-state index in [0.717, 1.165) is 27.1 Å². The lowest BCUT2D eigenvalue weighted by atomic mass is 9.91. The van der Waals surface area contributed by atoms with Gasteiger partial charge in [0.1, 0.15) is 0 Å². The van der Waals surface area contributed by atoms with Gasteiger partial charge in [0, 0.05) is 16.8 Å². The van der Waals surface area contributed by atoms with Crippen LogP contribution in [0.1, 0.15) is 18.0 Å². The van der Waals surface area contributed by atoms with Gasteiger partial charge in [0.15, 0.2) is 0 Å². The van der Waals surface area contributed by atoms with E-state index < -0.39 is 12.0 Å². The summed E-state index contributed by atoms with van der Waals surface area (Å²) in [6, 6.07) is 14.8. The molecule has 3 aromatic carbocycles. The average molecular weight is 300 g/mol. The molecule has 0 aliphatic heterocycles. The first-order chi connectivity index (χ1) is 10.1. The number of hydrogen-bond donors (Lipinski definition) is 2. The van der Waals surface area contributed by atoms with Crippen LogP contribution in [0, 0.1) is 0 Å². The number of hydrogen-bond acceptors (Lipinski definition) is 2. The molecular weight excluding hydrogens is 286 g/mol. The first kappa shape index (κ1) is 13.9. The maximum Gasteiger partial charge on any atom is 0.305 e. The minimum atomic E-state index is -0.911. The number of nitrogens with two attached hydrogens (primary N) is 1. The van der Waals surface area contributed by atoms with Gasteiger partial charge in [-0.3, -0.25) is 4.79 Å². The third-order valence-corrected chi connectivity index (χ3v) is 4.08. The van der Waals surface area contributed by atoms with Crippen LogP contribution in [-0.4, -0.2) is 11.1 Å². The summed E-state index contributed by atoms with van der Waals surface area (Å²) in [4.78, 5) is 11.0. The molecule has 0 radical (unpaired) electrons. The van der Waals surface area contributed by atoms with Crippen LogP contribution in [0.3, 0.4) is 0 Å². The third-order valence-electron chi connectivity index (χ3n) is 3.67. The molecule has 3 rings (SSSR count). The molecule has 0 aliphatic carbocycles. The fourth-order valence-corrected chi connectivity index (χ4v) is 3.13. The van der Waals surface area contributed by atoms with Crippen molar-refractivity contribution < 1.29 is 9.90 Å². The normalized spacial score (nSPS) is 12.7. The van der Waals surface area contributed by atoms with Crippen molar-refractivity contribution in [3.05, 3.63) is 59.1 Å². The highest BCUT2D eigenvalue weighted by Crippen LogP contribution is 2.38. The van der Waals surface area contributed by atoms with Crippen LogP contribution < -0.4 is 5.73 Å². The minimum Gasteiger partial charge on any atom is -0.481 e. The Labute approximate surface area is 126 Å². The maximum absolute atomic E-state index is 11.0. The predicted octanol–water partition coefficient (Wildman–Crippen LogP) is 4.12. The molecule has 3 nitrogen and oxygen atoms in total. The summed E-state index contributed by atoms with van der Waals surface area (Å²) in [7, 11) is 0. The van der Waals surface area contributed by atoms with Crippen molar-refractivity contribution in [2.45, 2.75) is 12.5 Å². The lowest BCUT2D eigenvalue weighted by Crippen LogP contribution is -2.16. The quantitative estimate of drug-likeness (QED) is 0.715. The minimum absolute atomic E-state index is 0.115. The van der Waals surface area contributed by atoms with Gasteiger partial charge in [-0.25, -0.2) is 0 Å². The Morgan fingerprint density at radius 1 is 1.00 bits per heavy atom. The highest BCUT2D eigenvalue weighted by atomic mass is 35.5. The molecule has 106 valence electrons. The summed E-state index contributed by atoms with van der Waals surface area (Å²) in [6.07, 6.45) is -0.115. The Bertz CT molecular complexity index is 788. The Hall–Kier alpha value is -2.10. The Morgan fingerprint density at radius 3 is 1.86 bits per heavy atom. The van der Waals surface area contributed by atoms with Crippen molar-refractivity contribution >= 4 is 39.1 Å². The van der Waals surface area contributed by atoms with E-state index in [-0.39, 0.29) is 6.42 Å². The largest absolute Gasteiger partial charge is 0.481 e. The van der Waals surface area contributed by atoms with Crippen LogP contribution in [0.5, 0.6) is 0 Å². The summed E-state index contributed by atoms with van der Waals surface area (Å²) >= 11 is 6.50. The van der Waals surface area contributed by atoms with Gasteiger partial charge in [0.05, 0.1) is 11.4 Å². The Balaban J connectivity index is 2.42.